The molecule has 0 aromatic carbocycles. The fourth-order valence-corrected chi connectivity index (χ4v) is 2.54. The molecule has 1 saturated carbocycles. The molecule has 0 saturated heterocycles. The van der Waals surface area contributed by atoms with Crippen LogP contribution in [0.25, 0.3) is 0 Å². The number of imidazole rings is 1. The van der Waals surface area contributed by atoms with Gasteiger partial charge in [0.2, 0.25) is 0 Å². The monoisotopic (exact) mass is 207 g/mol. The van der Waals surface area contributed by atoms with E-state index in [1.807, 2.05) is 7.05 Å². The predicted octanol–water partition coefficient (Wildman–Crippen LogP) is 2.11. The van der Waals surface area contributed by atoms with Crippen molar-refractivity contribution in [2.75, 3.05) is 7.05 Å². The minimum Gasteiger partial charge on any atom is -0.335 e. The van der Waals surface area contributed by atoms with Crippen molar-refractivity contribution in [2.24, 2.45) is 7.05 Å². The number of rotatable bonds is 3. The summed E-state index contributed by atoms with van der Waals surface area (Å²) < 4.78 is 2.28. The Morgan fingerprint density at radius 3 is 2.67 bits per heavy atom. The lowest BCUT2D eigenvalue weighted by Gasteiger charge is -2.08. The number of nitrogens with one attached hydrogen (secondary N) is 1. The Bertz CT molecular complexity index is 335. The zero-order chi connectivity index (χ0) is 10.8. The zero-order valence-electron chi connectivity index (χ0n) is 10.0. The molecule has 1 aromatic heterocycles. The van der Waals surface area contributed by atoms with E-state index in [0.29, 0.717) is 5.92 Å². The van der Waals surface area contributed by atoms with Crippen molar-refractivity contribution in [3.8, 4) is 0 Å². The van der Waals surface area contributed by atoms with Crippen molar-refractivity contribution in [3.05, 3.63) is 17.2 Å². The molecule has 1 aliphatic carbocycles. The van der Waals surface area contributed by atoms with Gasteiger partial charge in [-0.15, -0.1) is 0 Å². The smallest absolute Gasteiger partial charge is 0.112 e. The maximum atomic E-state index is 4.78. The van der Waals surface area contributed by atoms with E-state index in [1.54, 1.807) is 0 Å². The molecule has 0 atom stereocenters. The highest BCUT2D eigenvalue weighted by Crippen LogP contribution is 2.33. The SMILES string of the molecule is CNCc1nc(C2CCCC2)n(C)c1C. The van der Waals surface area contributed by atoms with E-state index in [-0.39, 0.29) is 0 Å². The lowest BCUT2D eigenvalue weighted by atomic mass is 10.1. The zero-order valence-corrected chi connectivity index (χ0v) is 10.0. The average Bonchev–Trinajstić information content (AvgIpc) is 2.82. The summed E-state index contributed by atoms with van der Waals surface area (Å²) >= 11 is 0. The van der Waals surface area contributed by atoms with Crippen LogP contribution in [-0.2, 0) is 13.6 Å². The van der Waals surface area contributed by atoms with Gasteiger partial charge >= 0.3 is 0 Å². The van der Waals surface area contributed by atoms with Gasteiger partial charge in [0.25, 0.3) is 0 Å². The van der Waals surface area contributed by atoms with Crippen molar-refractivity contribution in [3.63, 3.8) is 0 Å². The quantitative estimate of drug-likeness (QED) is 0.822. The maximum absolute atomic E-state index is 4.78. The highest BCUT2D eigenvalue weighted by Gasteiger charge is 2.23. The lowest BCUT2D eigenvalue weighted by molar-refractivity contribution is 0.626. The van der Waals surface area contributed by atoms with Crippen LogP contribution in [0.5, 0.6) is 0 Å². The highest BCUT2D eigenvalue weighted by atomic mass is 15.1. The van der Waals surface area contributed by atoms with Gasteiger partial charge in [0, 0.05) is 25.2 Å². The van der Waals surface area contributed by atoms with Crippen LogP contribution >= 0.6 is 0 Å². The Kier molecular flexibility index (Phi) is 3.10. The Hall–Kier alpha value is -0.830. The molecule has 84 valence electrons. The van der Waals surface area contributed by atoms with Crippen molar-refractivity contribution >= 4 is 0 Å². The fraction of sp³-hybridized carbons (Fsp3) is 0.750. The second kappa shape index (κ2) is 4.35. The molecular weight excluding hydrogens is 186 g/mol. The molecule has 1 N–H and O–H groups in total. The number of nitrogens with zero attached hydrogens (tertiary/aromatic N) is 2. The molecule has 3 heteroatoms. The summed E-state index contributed by atoms with van der Waals surface area (Å²) in [4.78, 5) is 4.78. The van der Waals surface area contributed by atoms with Crippen LogP contribution in [0.1, 0.15) is 48.8 Å². The summed E-state index contributed by atoms with van der Waals surface area (Å²) in [5.41, 5.74) is 2.52. The van der Waals surface area contributed by atoms with Gasteiger partial charge in [-0.3, -0.25) is 0 Å². The van der Waals surface area contributed by atoms with Gasteiger partial charge in [-0.05, 0) is 26.8 Å². The fourth-order valence-electron chi connectivity index (χ4n) is 2.54. The van der Waals surface area contributed by atoms with Gasteiger partial charge in [0.15, 0.2) is 0 Å². The molecule has 1 fully saturated rings. The van der Waals surface area contributed by atoms with Crippen LogP contribution in [-0.4, -0.2) is 16.6 Å². The van der Waals surface area contributed by atoms with Crippen molar-refractivity contribution in [1.82, 2.24) is 14.9 Å². The summed E-state index contributed by atoms with van der Waals surface area (Å²) in [7, 11) is 4.12. The highest BCUT2D eigenvalue weighted by molar-refractivity contribution is 5.18. The third kappa shape index (κ3) is 1.93. The molecule has 0 spiro atoms. The first-order chi connectivity index (χ1) is 7.24. The number of aromatic nitrogens is 2. The summed E-state index contributed by atoms with van der Waals surface area (Å²) in [6, 6.07) is 0. The van der Waals surface area contributed by atoms with Crippen LogP contribution in [0, 0.1) is 6.92 Å². The normalized spacial score (nSPS) is 17.5. The first-order valence-corrected chi connectivity index (χ1v) is 5.90. The van der Waals surface area contributed by atoms with Crippen molar-refractivity contribution < 1.29 is 0 Å². The van der Waals surface area contributed by atoms with Crippen LogP contribution in [0.15, 0.2) is 0 Å². The first kappa shape index (κ1) is 10.7. The van der Waals surface area contributed by atoms with E-state index in [0.717, 1.165) is 6.54 Å². The van der Waals surface area contributed by atoms with Crippen molar-refractivity contribution in [1.29, 1.82) is 0 Å². The van der Waals surface area contributed by atoms with Crippen LogP contribution in [0.2, 0.25) is 0 Å². The molecule has 0 radical (unpaired) electrons. The van der Waals surface area contributed by atoms with E-state index in [9.17, 15) is 0 Å². The van der Waals surface area contributed by atoms with Gasteiger partial charge in [0.05, 0.1) is 5.69 Å². The molecule has 1 heterocycles. The predicted molar refractivity (Wildman–Crippen MR) is 61.9 cm³/mol. The minimum absolute atomic E-state index is 0.708. The second-order valence-corrected chi connectivity index (χ2v) is 4.57. The molecule has 0 aliphatic heterocycles. The Morgan fingerprint density at radius 1 is 1.40 bits per heavy atom. The Balaban J connectivity index is 2.27. The van der Waals surface area contributed by atoms with Crippen LogP contribution in [0.4, 0.5) is 0 Å². The third-order valence-corrected chi connectivity index (χ3v) is 3.58. The van der Waals surface area contributed by atoms with E-state index >= 15 is 0 Å². The first-order valence-electron chi connectivity index (χ1n) is 5.90. The molecule has 0 unspecified atom stereocenters. The van der Waals surface area contributed by atoms with Crippen molar-refractivity contribution in [2.45, 2.75) is 45.1 Å². The number of hydrogen-bond acceptors (Lipinski definition) is 2. The van der Waals surface area contributed by atoms with Gasteiger partial charge < -0.3 is 9.88 Å². The Labute approximate surface area is 91.9 Å². The maximum Gasteiger partial charge on any atom is 0.112 e. The molecule has 0 bridgehead atoms. The average molecular weight is 207 g/mol. The molecule has 1 aromatic rings. The summed E-state index contributed by atoms with van der Waals surface area (Å²) in [6.45, 7) is 3.05. The van der Waals surface area contributed by atoms with Gasteiger partial charge in [-0.2, -0.15) is 0 Å². The minimum atomic E-state index is 0.708. The molecule has 0 amide bonds. The summed E-state index contributed by atoms with van der Waals surface area (Å²) in [5, 5.41) is 3.18. The van der Waals surface area contributed by atoms with Crippen LogP contribution < -0.4 is 5.32 Å². The lowest BCUT2D eigenvalue weighted by Crippen LogP contribution is -2.07. The van der Waals surface area contributed by atoms with Gasteiger partial charge in [0.1, 0.15) is 5.82 Å². The van der Waals surface area contributed by atoms with E-state index in [4.69, 9.17) is 4.98 Å². The number of hydrogen-bond donors (Lipinski definition) is 1. The van der Waals surface area contributed by atoms with E-state index in [1.165, 1.54) is 42.9 Å². The van der Waals surface area contributed by atoms with E-state index in [2.05, 4.69) is 23.9 Å². The Morgan fingerprint density at radius 2 is 2.07 bits per heavy atom. The van der Waals surface area contributed by atoms with Gasteiger partial charge in [-0.25, -0.2) is 4.98 Å². The molecular formula is C12H21N3. The standard InChI is InChI=1S/C12H21N3/c1-9-11(8-13-2)14-12(15(9)3)10-6-4-5-7-10/h10,13H,4-8H2,1-3H3. The largest absolute Gasteiger partial charge is 0.335 e. The third-order valence-electron chi connectivity index (χ3n) is 3.58. The summed E-state index contributed by atoms with van der Waals surface area (Å²) in [5.74, 6) is 2.01. The topological polar surface area (TPSA) is 29.9 Å². The van der Waals surface area contributed by atoms with Crippen LogP contribution in [0.3, 0.4) is 0 Å². The molecule has 2 rings (SSSR count). The molecule has 3 nitrogen and oxygen atoms in total. The van der Waals surface area contributed by atoms with Gasteiger partial charge in [-0.1, -0.05) is 12.8 Å². The molecule has 15 heavy (non-hydrogen) atoms. The summed E-state index contributed by atoms with van der Waals surface area (Å²) in [6.07, 6.45) is 5.39. The van der Waals surface area contributed by atoms with E-state index < -0.39 is 0 Å². The second-order valence-electron chi connectivity index (χ2n) is 4.57. The molecule has 1 aliphatic rings.